The van der Waals surface area contributed by atoms with E-state index in [1.807, 2.05) is 54.2 Å². The molecule has 1 fully saturated rings. The van der Waals surface area contributed by atoms with Crippen LogP contribution in [0.5, 0.6) is 0 Å². The first-order valence-corrected chi connectivity index (χ1v) is 13.6. The van der Waals surface area contributed by atoms with Crippen molar-refractivity contribution in [2.24, 2.45) is 10.7 Å². The Bertz CT molecular complexity index is 1210. The van der Waals surface area contributed by atoms with Gasteiger partial charge in [-0.25, -0.2) is 0 Å². The highest BCUT2D eigenvalue weighted by molar-refractivity contribution is 8.03. The van der Waals surface area contributed by atoms with Gasteiger partial charge in [-0.2, -0.15) is 11.8 Å². The minimum atomic E-state index is -0.599. The molecule has 1 saturated heterocycles. The lowest BCUT2D eigenvalue weighted by molar-refractivity contribution is -0.114. The zero-order valence-corrected chi connectivity index (χ0v) is 21.9. The number of benzene rings is 3. The zero-order valence-electron chi connectivity index (χ0n) is 20.3. The Morgan fingerprint density at radius 2 is 1.81 bits per heavy atom. The largest absolute Gasteiger partial charge is 0.381 e. The molecule has 9 heteroatoms. The first-order valence-electron chi connectivity index (χ1n) is 11.5. The minimum absolute atomic E-state index is 0.146. The van der Waals surface area contributed by atoms with Gasteiger partial charge in [0.2, 0.25) is 0 Å². The summed E-state index contributed by atoms with van der Waals surface area (Å²) in [7, 11) is 1.71. The average molecular weight is 522 g/mol. The molecule has 0 bridgehead atoms. The molecule has 1 aliphatic rings. The number of rotatable bonds is 9. The van der Waals surface area contributed by atoms with Crippen LogP contribution in [0.1, 0.15) is 10.4 Å². The number of aliphatic imine (C=N–C) groups is 1. The van der Waals surface area contributed by atoms with E-state index < -0.39 is 5.91 Å². The van der Waals surface area contributed by atoms with Crippen molar-refractivity contribution in [3.8, 4) is 0 Å². The SMILES string of the molecule is C=N/C(C(N)=O)=C(/NC)SCNc1ccc2ccccc2c1.O=Cc1ccc(N2CCSCC2)cc1. The summed E-state index contributed by atoms with van der Waals surface area (Å²) in [5.41, 5.74) is 8.40. The molecule has 0 atom stereocenters. The van der Waals surface area contributed by atoms with Gasteiger partial charge < -0.3 is 21.3 Å². The number of carbonyl (C=O) groups is 2. The number of nitrogens with one attached hydrogen (secondary N) is 2. The van der Waals surface area contributed by atoms with Crippen molar-refractivity contribution in [3.05, 3.63) is 83.0 Å². The Morgan fingerprint density at radius 3 is 2.42 bits per heavy atom. The van der Waals surface area contributed by atoms with E-state index in [1.54, 1.807) is 7.05 Å². The van der Waals surface area contributed by atoms with E-state index in [2.05, 4.69) is 51.5 Å². The first kappa shape index (κ1) is 27.2. The third-order valence-corrected chi connectivity index (χ3v) is 7.40. The van der Waals surface area contributed by atoms with E-state index in [0.717, 1.165) is 30.6 Å². The second-order valence-electron chi connectivity index (χ2n) is 7.79. The third-order valence-electron chi connectivity index (χ3n) is 5.48. The Labute approximate surface area is 220 Å². The molecule has 188 valence electrons. The van der Waals surface area contributed by atoms with Gasteiger partial charge in [-0.05, 0) is 53.9 Å². The van der Waals surface area contributed by atoms with Gasteiger partial charge in [0, 0.05) is 48.6 Å². The molecule has 4 rings (SSSR count). The Balaban J connectivity index is 0.000000221. The molecule has 4 N–H and O–H groups in total. The predicted molar refractivity (Wildman–Crippen MR) is 156 cm³/mol. The minimum Gasteiger partial charge on any atom is -0.381 e. The van der Waals surface area contributed by atoms with Crippen molar-refractivity contribution >= 4 is 64.6 Å². The standard InChI is InChI=1S/C16H18N4OS.C11H13NOS/c1-18-14(15(17)21)16(19-2)22-10-20-13-8-7-11-5-3-4-6-12(11)9-13;13-9-10-1-3-11(4-2-10)12-5-7-14-8-6-12/h3-9,19-20H,1,10H2,2H3,(H2,17,21);1-4,9H,5-8H2/b16-14-;. The highest BCUT2D eigenvalue weighted by Gasteiger charge is 2.11. The maximum Gasteiger partial charge on any atom is 0.269 e. The van der Waals surface area contributed by atoms with E-state index >= 15 is 0 Å². The van der Waals surface area contributed by atoms with E-state index in [0.29, 0.717) is 10.9 Å². The van der Waals surface area contributed by atoms with Crippen LogP contribution in [0.2, 0.25) is 0 Å². The molecular formula is C27H31N5O2S2. The Morgan fingerprint density at radius 1 is 1.11 bits per heavy atom. The van der Waals surface area contributed by atoms with Gasteiger partial charge in [0.05, 0.1) is 5.88 Å². The van der Waals surface area contributed by atoms with Crippen LogP contribution >= 0.6 is 23.5 Å². The van der Waals surface area contributed by atoms with Gasteiger partial charge in [0.1, 0.15) is 11.3 Å². The normalized spacial score (nSPS) is 13.6. The summed E-state index contributed by atoms with van der Waals surface area (Å²) >= 11 is 3.41. The molecule has 0 aliphatic carbocycles. The number of carbonyl (C=O) groups excluding carboxylic acids is 2. The van der Waals surface area contributed by atoms with Crippen LogP contribution in [0.15, 0.2) is 82.4 Å². The molecule has 0 aromatic heterocycles. The summed E-state index contributed by atoms with van der Waals surface area (Å²) < 4.78 is 0. The van der Waals surface area contributed by atoms with Crippen LogP contribution < -0.4 is 21.3 Å². The van der Waals surface area contributed by atoms with Crippen molar-refractivity contribution in [3.63, 3.8) is 0 Å². The summed E-state index contributed by atoms with van der Waals surface area (Å²) in [5.74, 6) is 2.38. The van der Waals surface area contributed by atoms with Gasteiger partial charge in [-0.3, -0.25) is 14.6 Å². The third kappa shape index (κ3) is 7.79. The zero-order chi connectivity index (χ0) is 25.8. The summed E-state index contributed by atoms with van der Waals surface area (Å²) in [6, 6.07) is 22.2. The predicted octanol–water partition coefficient (Wildman–Crippen LogP) is 4.57. The monoisotopic (exact) mass is 521 g/mol. The summed E-state index contributed by atoms with van der Waals surface area (Å²) in [6.07, 6.45) is 0.885. The van der Waals surface area contributed by atoms with Crippen molar-refractivity contribution in [1.82, 2.24) is 5.32 Å². The highest BCUT2D eigenvalue weighted by atomic mass is 32.2. The van der Waals surface area contributed by atoms with Gasteiger partial charge in [0.15, 0.2) is 5.70 Å². The van der Waals surface area contributed by atoms with Crippen molar-refractivity contribution in [2.75, 3.05) is 47.7 Å². The number of aldehydes is 1. The molecule has 0 radical (unpaired) electrons. The number of nitrogens with zero attached hydrogens (tertiary/aromatic N) is 2. The van der Waals surface area contributed by atoms with E-state index in [-0.39, 0.29) is 5.70 Å². The lowest BCUT2D eigenvalue weighted by Crippen LogP contribution is -2.32. The van der Waals surface area contributed by atoms with Crippen LogP contribution in [-0.2, 0) is 4.79 Å². The molecule has 3 aromatic carbocycles. The molecule has 3 aromatic rings. The first-order chi connectivity index (χ1) is 17.5. The number of nitrogens with two attached hydrogens (primary N) is 1. The van der Waals surface area contributed by atoms with E-state index in [1.165, 1.54) is 39.7 Å². The molecule has 1 aliphatic heterocycles. The molecule has 0 spiro atoms. The number of hydrogen-bond acceptors (Lipinski definition) is 8. The fourth-order valence-corrected chi connectivity index (χ4v) is 5.33. The number of primary amides is 1. The lowest BCUT2D eigenvalue weighted by atomic mass is 10.1. The molecule has 1 heterocycles. The van der Waals surface area contributed by atoms with Crippen molar-refractivity contribution in [2.45, 2.75) is 0 Å². The lowest BCUT2D eigenvalue weighted by Gasteiger charge is -2.28. The van der Waals surface area contributed by atoms with Gasteiger partial charge in [0.25, 0.3) is 5.91 Å². The molecule has 0 saturated carbocycles. The number of fused-ring (bicyclic) bond motifs is 1. The summed E-state index contributed by atoms with van der Waals surface area (Å²) in [6.45, 7) is 5.60. The molecule has 0 unspecified atom stereocenters. The number of amides is 1. The fourth-order valence-electron chi connectivity index (χ4n) is 3.60. The number of hydrogen-bond donors (Lipinski definition) is 3. The maximum atomic E-state index is 11.3. The van der Waals surface area contributed by atoms with Crippen LogP contribution in [0.4, 0.5) is 11.4 Å². The quantitative estimate of drug-likeness (QED) is 0.164. The molecule has 7 nitrogen and oxygen atoms in total. The summed E-state index contributed by atoms with van der Waals surface area (Å²) in [5, 5.41) is 9.18. The number of anilines is 2. The van der Waals surface area contributed by atoms with Crippen LogP contribution in [0.3, 0.4) is 0 Å². The van der Waals surface area contributed by atoms with E-state index in [9.17, 15) is 9.59 Å². The molecule has 36 heavy (non-hydrogen) atoms. The molecule has 1 amide bonds. The van der Waals surface area contributed by atoms with Crippen LogP contribution in [0, 0.1) is 0 Å². The van der Waals surface area contributed by atoms with Crippen LogP contribution in [-0.4, -0.2) is 56.4 Å². The van der Waals surface area contributed by atoms with E-state index in [4.69, 9.17) is 5.73 Å². The molecular weight excluding hydrogens is 490 g/mol. The second-order valence-corrected chi connectivity index (χ2v) is 10.00. The van der Waals surface area contributed by atoms with Crippen molar-refractivity contribution < 1.29 is 9.59 Å². The summed E-state index contributed by atoms with van der Waals surface area (Å²) in [4.78, 5) is 27.8. The topological polar surface area (TPSA) is 99.8 Å². The Kier molecular flexibility index (Phi) is 10.7. The highest BCUT2D eigenvalue weighted by Crippen LogP contribution is 2.22. The maximum absolute atomic E-state index is 11.3. The fraction of sp³-hybridized carbons (Fsp3) is 0.222. The second kappa shape index (κ2) is 14.2. The average Bonchev–Trinajstić information content (AvgIpc) is 2.93. The van der Waals surface area contributed by atoms with Crippen molar-refractivity contribution in [1.29, 1.82) is 0 Å². The smallest absolute Gasteiger partial charge is 0.269 e. The van der Waals surface area contributed by atoms with Gasteiger partial charge >= 0.3 is 0 Å². The Hall–Kier alpha value is -3.43. The van der Waals surface area contributed by atoms with Crippen LogP contribution in [0.25, 0.3) is 10.8 Å². The van der Waals surface area contributed by atoms with Gasteiger partial charge in [-0.15, -0.1) is 0 Å². The number of thioether (sulfide) groups is 2. The van der Waals surface area contributed by atoms with Gasteiger partial charge in [-0.1, -0.05) is 42.1 Å².